The van der Waals surface area contributed by atoms with Crippen molar-refractivity contribution in [2.24, 2.45) is 5.92 Å². The van der Waals surface area contributed by atoms with Crippen LogP contribution in [0.15, 0.2) is 36.7 Å². The molecule has 2 aromatic rings. The molecule has 3 heterocycles. The first-order valence-corrected chi connectivity index (χ1v) is 7.43. The summed E-state index contributed by atoms with van der Waals surface area (Å²) < 4.78 is 4.70. The smallest absolute Gasteiger partial charge is 0.305 e. The molecule has 0 spiro atoms. The van der Waals surface area contributed by atoms with Gasteiger partial charge in [0.05, 0.1) is 19.2 Å². The first-order valence-electron chi connectivity index (χ1n) is 7.05. The summed E-state index contributed by atoms with van der Waals surface area (Å²) in [6.45, 7) is 1.71. The van der Waals surface area contributed by atoms with Crippen molar-refractivity contribution in [3.8, 4) is 11.3 Å². The number of esters is 1. The largest absolute Gasteiger partial charge is 0.469 e. The molecule has 5 nitrogen and oxygen atoms in total. The van der Waals surface area contributed by atoms with Crippen molar-refractivity contribution >= 4 is 23.3 Å². The Bertz CT molecular complexity index is 687. The van der Waals surface area contributed by atoms with Crippen molar-refractivity contribution in [1.82, 2.24) is 9.97 Å². The van der Waals surface area contributed by atoms with Crippen LogP contribution in [0.4, 0.5) is 5.69 Å². The normalized spacial score (nSPS) is 14.5. The monoisotopic (exact) mass is 317 g/mol. The third kappa shape index (κ3) is 3.20. The minimum Gasteiger partial charge on any atom is -0.469 e. The first kappa shape index (κ1) is 14.8. The molecule has 1 aliphatic rings. The molecule has 1 saturated heterocycles. The van der Waals surface area contributed by atoms with E-state index in [-0.39, 0.29) is 5.97 Å². The van der Waals surface area contributed by atoms with Crippen LogP contribution < -0.4 is 4.90 Å². The molecule has 0 aromatic carbocycles. The van der Waals surface area contributed by atoms with Gasteiger partial charge in [0.2, 0.25) is 0 Å². The number of rotatable bonds is 4. The van der Waals surface area contributed by atoms with Crippen LogP contribution in [0.25, 0.3) is 11.3 Å². The van der Waals surface area contributed by atoms with Gasteiger partial charge in [0, 0.05) is 42.7 Å². The van der Waals surface area contributed by atoms with Gasteiger partial charge in [-0.05, 0) is 24.3 Å². The number of halogens is 1. The SMILES string of the molecule is COC(=O)CC1CN(c2ccnc(-c3ccnc(Cl)c3)c2)C1. The first-order chi connectivity index (χ1) is 10.7. The molecule has 0 saturated carbocycles. The van der Waals surface area contributed by atoms with E-state index in [1.165, 1.54) is 7.11 Å². The average Bonchev–Trinajstić information content (AvgIpc) is 2.50. The lowest BCUT2D eigenvalue weighted by Crippen LogP contribution is -2.47. The quantitative estimate of drug-likeness (QED) is 0.641. The summed E-state index contributed by atoms with van der Waals surface area (Å²) in [6, 6.07) is 7.68. The zero-order chi connectivity index (χ0) is 15.5. The van der Waals surface area contributed by atoms with Gasteiger partial charge < -0.3 is 9.64 Å². The van der Waals surface area contributed by atoms with Crippen molar-refractivity contribution < 1.29 is 9.53 Å². The number of hydrogen-bond donors (Lipinski definition) is 0. The third-order valence-electron chi connectivity index (χ3n) is 3.77. The van der Waals surface area contributed by atoms with Gasteiger partial charge in [0.1, 0.15) is 5.15 Å². The van der Waals surface area contributed by atoms with Crippen molar-refractivity contribution in [3.63, 3.8) is 0 Å². The van der Waals surface area contributed by atoms with Gasteiger partial charge in [-0.25, -0.2) is 4.98 Å². The van der Waals surface area contributed by atoms with E-state index in [0.717, 1.165) is 30.0 Å². The van der Waals surface area contributed by atoms with Crippen LogP contribution in [0.3, 0.4) is 0 Å². The summed E-state index contributed by atoms with van der Waals surface area (Å²) in [4.78, 5) is 21.8. The Labute approximate surface area is 133 Å². The second kappa shape index (κ2) is 6.32. The van der Waals surface area contributed by atoms with Crippen LogP contribution in [0.2, 0.25) is 5.15 Å². The van der Waals surface area contributed by atoms with Crippen molar-refractivity contribution in [2.75, 3.05) is 25.1 Å². The molecule has 0 radical (unpaired) electrons. The van der Waals surface area contributed by atoms with Crippen LogP contribution in [0, 0.1) is 5.92 Å². The number of hydrogen-bond acceptors (Lipinski definition) is 5. The number of ether oxygens (including phenoxy) is 1. The Morgan fingerprint density at radius 3 is 2.82 bits per heavy atom. The lowest BCUT2D eigenvalue weighted by Gasteiger charge is -2.40. The summed E-state index contributed by atoms with van der Waals surface area (Å²) in [5.74, 6) is 0.214. The van der Waals surface area contributed by atoms with Crippen LogP contribution in [0.5, 0.6) is 0 Å². The summed E-state index contributed by atoms with van der Waals surface area (Å²) in [6.07, 6.45) is 3.93. The predicted molar refractivity (Wildman–Crippen MR) is 84.8 cm³/mol. The molecule has 0 amide bonds. The minimum absolute atomic E-state index is 0.147. The summed E-state index contributed by atoms with van der Waals surface area (Å²) in [5.41, 5.74) is 2.89. The lowest BCUT2D eigenvalue weighted by atomic mass is 9.95. The van der Waals surface area contributed by atoms with Crippen molar-refractivity contribution in [2.45, 2.75) is 6.42 Å². The standard InChI is InChI=1S/C16H16ClN3O2/c1-22-16(21)6-11-9-20(10-11)13-3-5-18-14(8-13)12-2-4-19-15(17)7-12/h2-5,7-8,11H,6,9-10H2,1H3. The van der Waals surface area contributed by atoms with E-state index in [2.05, 4.69) is 14.9 Å². The summed E-state index contributed by atoms with van der Waals surface area (Å²) >= 11 is 5.92. The maximum Gasteiger partial charge on any atom is 0.305 e. The second-order valence-corrected chi connectivity index (χ2v) is 5.71. The van der Waals surface area contributed by atoms with Gasteiger partial charge >= 0.3 is 5.97 Å². The highest BCUT2D eigenvalue weighted by Crippen LogP contribution is 2.29. The fourth-order valence-electron chi connectivity index (χ4n) is 2.56. The summed E-state index contributed by atoms with van der Waals surface area (Å²) in [7, 11) is 1.42. The number of carbonyl (C=O) groups is 1. The molecule has 1 fully saturated rings. The average molecular weight is 318 g/mol. The van der Waals surface area contributed by atoms with Crippen LogP contribution in [0.1, 0.15) is 6.42 Å². The highest BCUT2D eigenvalue weighted by molar-refractivity contribution is 6.29. The molecule has 0 aliphatic carbocycles. The summed E-state index contributed by atoms with van der Waals surface area (Å²) in [5, 5.41) is 0.451. The second-order valence-electron chi connectivity index (χ2n) is 5.32. The van der Waals surface area contributed by atoms with Gasteiger partial charge in [-0.3, -0.25) is 9.78 Å². The molecular formula is C16H16ClN3O2. The van der Waals surface area contributed by atoms with E-state index >= 15 is 0 Å². The molecule has 114 valence electrons. The van der Waals surface area contributed by atoms with Crippen molar-refractivity contribution in [3.05, 3.63) is 41.8 Å². The molecule has 0 unspecified atom stereocenters. The van der Waals surface area contributed by atoms with E-state index in [1.54, 1.807) is 18.5 Å². The number of aromatic nitrogens is 2. The van der Waals surface area contributed by atoms with E-state index in [9.17, 15) is 4.79 Å². The number of anilines is 1. The topological polar surface area (TPSA) is 55.3 Å². The Balaban J connectivity index is 1.70. The van der Waals surface area contributed by atoms with Crippen LogP contribution in [-0.2, 0) is 9.53 Å². The maximum atomic E-state index is 11.3. The molecule has 0 N–H and O–H groups in total. The van der Waals surface area contributed by atoms with Gasteiger partial charge in [0.25, 0.3) is 0 Å². The third-order valence-corrected chi connectivity index (χ3v) is 3.98. The Morgan fingerprint density at radius 1 is 1.32 bits per heavy atom. The van der Waals surface area contributed by atoms with Gasteiger partial charge in [-0.1, -0.05) is 11.6 Å². The maximum absolute atomic E-state index is 11.3. The number of nitrogens with zero attached hydrogens (tertiary/aromatic N) is 3. The van der Waals surface area contributed by atoms with Crippen LogP contribution >= 0.6 is 11.6 Å². The minimum atomic E-state index is -0.147. The molecule has 1 aliphatic heterocycles. The highest BCUT2D eigenvalue weighted by Gasteiger charge is 2.29. The zero-order valence-corrected chi connectivity index (χ0v) is 13.0. The van der Waals surface area contributed by atoms with E-state index in [4.69, 9.17) is 16.3 Å². The number of carbonyl (C=O) groups excluding carboxylic acids is 1. The van der Waals surface area contributed by atoms with Crippen molar-refractivity contribution in [1.29, 1.82) is 0 Å². The lowest BCUT2D eigenvalue weighted by molar-refractivity contribution is -0.141. The molecule has 6 heteroatoms. The van der Waals surface area contributed by atoms with Gasteiger partial charge in [0.15, 0.2) is 0 Å². The van der Waals surface area contributed by atoms with E-state index in [0.29, 0.717) is 17.5 Å². The van der Waals surface area contributed by atoms with E-state index in [1.807, 2.05) is 18.2 Å². The molecule has 0 bridgehead atoms. The molecule has 2 aromatic heterocycles. The van der Waals surface area contributed by atoms with E-state index < -0.39 is 0 Å². The highest BCUT2D eigenvalue weighted by atomic mass is 35.5. The Morgan fingerprint density at radius 2 is 2.09 bits per heavy atom. The van der Waals surface area contributed by atoms with Crippen LogP contribution in [-0.4, -0.2) is 36.1 Å². The molecular weight excluding hydrogens is 302 g/mol. The van der Waals surface area contributed by atoms with Gasteiger partial charge in [-0.15, -0.1) is 0 Å². The van der Waals surface area contributed by atoms with Gasteiger partial charge in [-0.2, -0.15) is 0 Å². The fraction of sp³-hybridized carbons (Fsp3) is 0.312. The zero-order valence-electron chi connectivity index (χ0n) is 12.2. The Hall–Kier alpha value is -2.14. The molecule has 0 atom stereocenters. The predicted octanol–water partition coefficient (Wildman–Crippen LogP) is 2.80. The fourth-order valence-corrected chi connectivity index (χ4v) is 2.74. The number of pyridine rings is 2. The number of methoxy groups -OCH3 is 1. The molecule has 22 heavy (non-hydrogen) atoms. The molecule has 3 rings (SSSR count). The Kier molecular flexibility index (Phi) is 4.24.